The summed E-state index contributed by atoms with van der Waals surface area (Å²) in [6.45, 7) is 5.00. The van der Waals surface area contributed by atoms with Crippen LogP contribution in [0, 0.1) is 0 Å². The first kappa shape index (κ1) is 21.3. The number of rotatable bonds is 12. The predicted molar refractivity (Wildman–Crippen MR) is 86.9 cm³/mol. The Morgan fingerprint density at radius 2 is 1.29 bits per heavy atom. The van der Waals surface area contributed by atoms with Crippen LogP contribution in [0.15, 0.2) is 0 Å². The van der Waals surface area contributed by atoms with Crippen molar-refractivity contribution in [3.05, 3.63) is 0 Å². The van der Waals surface area contributed by atoms with Crippen LogP contribution in [-0.4, -0.2) is 36.7 Å². The van der Waals surface area contributed by atoms with Crippen molar-refractivity contribution in [3.63, 3.8) is 0 Å². The van der Waals surface area contributed by atoms with Crippen LogP contribution in [0.5, 0.6) is 0 Å². The maximum absolute atomic E-state index is 12.0. The van der Waals surface area contributed by atoms with Crippen molar-refractivity contribution in [1.29, 1.82) is 0 Å². The summed E-state index contributed by atoms with van der Waals surface area (Å²) in [5.41, 5.74) is 0. The average Bonchev–Trinajstić information content (AvgIpc) is 2.48. The minimum atomic E-state index is -1.52. The molecule has 0 aliphatic heterocycles. The van der Waals surface area contributed by atoms with Crippen molar-refractivity contribution in [1.82, 2.24) is 0 Å². The fraction of sp³-hybridized carbons (Fsp3) is 0.857. The van der Waals surface area contributed by atoms with Gasteiger partial charge in [0.05, 0.1) is 0 Å². The first-order valence-corrected chi connectivity index (χ1v) is 12.3. The Balaban J connectivity index is 4.32. The van der Waals surface area contributed by atoms with E-state index >= 15 is 0 Å². The number of carbonyl (C=O) groups excluding carboxylic acids is 2. The molecule has 21 heavy (non-hydrogen) atoms. The zero-order valence-corrected chi connectivity index (χ0v) is 17.8. The Morgan fingerprint density at radius 3 is 1.57 bits per heavy atom. The number of unbranched alkanes of at least 4 members (excludes halogenated alkanes) is 2. The molecule has 0 N–H and O–H groups in total. The number of hydrogen-bond donors (Lipinski definition) is 2. The second-order valence-corrected chi connectivity index (χ2v) is 10.9. The van der Waals surface area contributed by atoms with Crippen LogP contribution in [0.3, 0.4) is 0 Å². The van der Waals surface area contributed by atoms with E-state index in [1.165, 1.54) is 0 Å². The molecule has 0 amide bonds. The summed E-state index contributed by atoms with van der Waals surface area (Å²) >= 11 is 6.96. The summed E-state index contributed by atoms with van der Waals surface area (Å²) in [6.07, 6.45) is 3.71. The van der Waals surface area contributed by atoms with Gasteiger partial charge in [0.2, 0.25) is 0 Å². The van der Waals surface area contributed by atoms with Crippen molar-refractivity contribution in [3.8, 4) is 0 Å². The SMILES string of the molecule is CCCCOC(=O)[CH](CS)[Zn][CH](CS)C(=O)OCCCC. The second-order valence-electron chi connectivity index (χ2n) is 5.04. The van der Waals surface area contributed by atoms with Gasteiger partial charge in [0, 0.05) is 0 Å². The van der Waals surface area contributed by atoms with Gasteiger partial charge in [0.15, 0.2) is 0 Å². The van der Waals surface area contributed by atoms with Gasteiger partial charge in [0.1, 0.15) is 0 Å². The first-order valence-electron chi connectivity index (χ1n) is 7.65. The second kappa shape index (κ2) is 13.9. The number of hydrogen-bond acceptors (Lipinski definition) is 6. The van der Waals surface area contributed by atoms with Crippen molar-refractivity contribution in [2.75, 3.05) is 24.7 Å². The molecule has 0 radical (unpaired) electrons. The van der Waals surface area contributed by atoms with Crippen LogP contribution < -0.4 is 0 Å². The van der Waals surface area contributed by atoms with Gasteiger partial charge in [0.25, 0.3) is 0 Å². The van der Waals surface area contributed by atoms with Crippen LogP contribution >= 0.6 is 25.3 Å². The maximum atomic E-state index is 12.0. The van der Waals surface area contributed by atoms with Gasteiger partial charge in [-0.2, -0.15) is 0 Å². The molecule has 0 aliphatic carbocycles. The van der Waals surface area contributed by atoms with Crippen molar-refractivity contribution >= 4 is 37.2 Å². The molecule has 120 valence electrons. The summed E-state index contributed by atoms with van der Waals surface area (Å²) in [5.74, 6) is 0.479. The van der Waals surface area contributed by atoms with Crippen LogP contribution in [0.1, 0.15) is 39.5 Å². The number of esters is 2. The van der Waals surface area contributed by atoms with E-state index in [-0.39, 0.29) is 21.0 Å². The molecule has 0 aromatic carbocycles. The van der Waals surface area contributed by atoms with E-state index in [4.69, 9.17) is 9.47 Å². The molecule has 0 saturated carbocycles. The molecule has 0 aromatic heterocycles. The third-order valence-electron chi connectivity index (χ3n) is 3.16. The van der Waals surface area contributed by atoms with Crippen molar-refractivity contribution in [2.24, 2.45) is 0 Å². The van der Waals surface area contributed by atoms with E-state index < -0.39 is 17.1 Å². The van der Waals surface area contributed by atoms with E-state index in [0.717, 1.165) is 25.7 Å². The van der Waals surface area contributed by atoms with Crippen LogP contribution in [-0.2, 0) is 36.2 Å². The van der Waals surface area contributed by atoms with Gasteiger partial charge in [-0.05, 0) is 0 Å². The molecular weight excluding hydrogens is 362 g/mol. The van der Waals surface area contributed by atoms with Crippen molar-refractivity contribution in [2.45, 2.75) is 48.6 Å². The number of thiol groups is 2. The van der Waals surface area contributed by atoms with Gasteiger partial charge < -0.3 is 0 Å². The molecule has 0 rings (SSSR count). The van der Waals surface area contributed by atoms with E-state index in [1.807, 2.05) is 13.8 Å². The molecule has 0 heterocycles. The summed E-state index contributed by atoms with van der Waals surface area (Å²) < 4.78 is 10.1. The van der Waals surface area contributed by atoms with E-state index in [2.05, 4.69) is 25.3 Å². The van der Waals surface area contributed by atoms with E-state index in [0.29, 0.717) is 24.7 Å². The molecule has 0 aliphatic rings. The molecular formula is C14H26O4S2Zn. The van der Waals surface area contributed by atoms with Crippen LogP contribution in [0.4, 0.5) is 0 Å². The summed E-state index contributed by atoms with van der Waals surface area (Å²) in [6, 6.07) is 0. The Hall–Kier alpha value is 0.263. The predicted octanol–water partition coefficient (Wildman–Crippen LogP) is 3.19. The third-order valence-corrected chi connectivity index (χ3v) is 11.1. The summed E-state index contributed by atoms with van der Waals surface area (Å²) in [5, 5.41) is 0. The van der Waals surface area contributed by atoms with E-state index in [1.54, 1.807) is 0 Å². The average molecular weight is 388 g/mol. The van der Waals surface area contributed by atoms with Gasteiger partial charge in [-0.1, -0.05) is 0 Å². The zero-order valence-electron chi connectivity index (χ0n) is 13.0. The molecule has 0 spiro atoms. The molecule has 0 saturated heterocycles. The normalized spacial score (nSPS) is 13.1. The number of carbonyl (C=O) groups is 2. The molecule has 0 bridgehead atoms. The minimum absolute atomic E-state index is 0.200. The molecule has 4 nitrogen and oxygen atoms in total. The fourth-order valence-corrected chi connectivity index (χ4v) is 6.92. The van der Waals surface area contributed by atoms with Crippen LogP contribution in [0.25, 0.3) is 0 Å². The molecule has 2 unspecified atom stereocenters. The third kappa shape index (κ3) is 9.80. The van der Waals surface area contributed by atoms with Gasteiger partial charge in [-0.3, -0.25) is 0 Å². The zero-order chi connectivity index (χ0) is 16.1. The fourth-order valence-electron chi connectivity index (χ4n) is 1.70. The van der Waals surface area contributed by atoms with Crippen LogP contribution in [0.2, 0.25) is 9.02 Å². The van der Waals surface area contributed by atoms with E-state index in [9.17, 15) is 9.59 Å². The quantitative estimate of drug-likeness (QED) is 0.234. The van der Waals surface area contributed by atoms with Gasteiger partial charge in [-0.25, -0.2) is 0 Å². The Kier molecular flexibility index (Phi) is 14.1. The first-order chi connectivity index (χ1) is 10.1. The number of ether oxygens (including phenoxy) is 2. The standard InChI is InChI=1S/2C7H13O2S.Zn/c2*1-2-3-5-9-7(8)4-6-10;/h2*4,10H,2-3,5-6H2,1H3;. The molecule has 2 atom stereocenters. The Bertz CT molecular complexity index is 275. The summed E-state index contributed by atoms with van der Waals surface area (Å²) in [4.78, 5) is 24.0. The van der Waals surface area contributed by atoms with Gasteiger partial charge >= 0.3 is 147 Å². The Labute approximate surface area is 146 Å². The molecule has 7 heteroatoms. The topological polar surface area (TPSA) is 52.6 Å². The van der Waals surface area contributed by atoms with Crippen molar-refractivity contribution < 1.29 is 36.2 Å². The Morgan fingerprint density at radius 1 is 0.905 bits per heavy atom. The van der Waals surface area contributed by atoms with Gasteiger partial charge in [-0.15, -0.1) is 0 Å². The molecule has 0 aromatic rings. The molecule has 0 fully saturated rings. The monoisotopic (exact) mass is 386 g/mol. The summed E-state index contributed by atoms with van der Waals surface area (Å²) in [7, 11) is 0.